The summed E-state index contributed by atoms with van der Waals surface area (Å²) in [5, 5.41) is 9.44. The van der Waals surface area contributed by atoms with E-state index in [0.29, 0.717) is 18.4 Å². The number of nitrogens with zero attached hydrogens (tertiary/aromatic N) is 4. The van der Waals surface area contributed by atoms with Crippen molar-refractivity contribution in [3.63, 3.8) is 0 Å². The van der Waals surface area contributed by atoms with Crippen molar-refractivity contribution in [2.24, 2.45) is 0 Å². The number of amides is 1. The Hall–Kier alpha value is -2.97. The normalized spacial score (nSPS) is 14.1. The monoisotopic (exact) mass is 455 g/mol. The second-order valence-electron chi connectivity index (χ2n) is 9.70. The molecule has 9 heteroatoms. The fraction of sp³-hybridized carbons (Fsp3) is 0.625. The Morgan fingerprint density at radius 3 is 2.00 bits per heavy atom. The van der Waals surface area contributed by atoms with E-state index in [-0.39, 0.29) is 17.9 Å². The van der Waals surface area contributed by atoms with Gasteiger partial charge in [0.2, 0.25) is 11.8 Å². The third-order valence-corrected chi connectivity index (χ3v) is 5.05. The van der Waals surface area contributed by atoms with Crippen LogP contribution in [0.25, 0.3) is 0 Å². The Kier molecular flexibility index (Phi) is 7.71. The van der Waals surface area contributed by atoms with Crippen molar-refractivity contribution in [2.75, 3.05) is 22.6 Å². The molecule has 0 bridgehead atoms. The molecule has 0 saturated carbocycles. The lowest BCUT2D eigenvalue weighted by Gasteiger charge is -2.15. The molecule has 2 aliphatic rings. The Labute approximate surface area is 196 Å². The molecule has 4 rings (SSSR count). The van der Waals surface area contributed by atoms with Gasteiger partial charge in [-0.3, -0.25) is 4.79 Å². The minimum atomic E-state index is -0.0120. The van der Waals surface area contributed by atoms with E-state index in [4.69, 9.17) is 4.74 Å². The van der Waals surface area contributed by atoms with Crippen molar-refractivity contribution in [1.29, 1.82) is 0 Å². The summed E-state index contributed by atoms with van der Waals surface area (Å²) < 4.78 is 5.52. The van der Waals surface area contributed by atoms with Crippen LogP contribution in [0.2, 0.25) is 0 Å². The number of anilines is 3. The van der Waals surface area contributed by atoms with Gasteiger partial charge < -0.3 is 20.7 Å². The number of hydrogen-bond acceptors (Lipinski definition) is 8. The van der Waals surface area contributed by atoms with Gasteiger partial charge in [0.05, 0.1) is 24.3 Å². The molecule has 0 radical (unpaired) electrons. The van der Waals surface area contributed by atoms with Crippen molar-refractivity contribution in [1.82, 2.24) is 19.9 Å². The van der Waals surface area contributed by atoms with Crippen molar-refractivity contribution < 1.29 is 9.53 Å². The van der Waals surface area contributed by atoms with Gasteiger partial charge in [0.1, 0.15) is 23.2 Å². The summed E-state index contributed by atoms with van der Waals surface area (Å²) in [6.07, 6.45) is 1.26. The molecule has 0 aromatic carbocycles. The molecule has 0 spiro atoms. The van der Waals surface area contributed by atoms with Crippen LogP contribution in [0.1, 0.15) is 90.1 Å². The molecule has 3 N–H and O–H groups in total. The fourth-order valence-electron chi connectivity index (χ4n) is 3.48. The average molecular weight is 456 g/mol. The Morgan fingerprint density at radius 2 is 1.39 bits per heavy atom. The predicted octanol–water partition coefficient (Wildman–Crippen LogP) is 4.27. The van der Waals surface area contributed by atoms with E-state index in [1.807, 2.05) is 27.7 Å². The predicted molar refractivity (Wildman–Crippen MR) is 131 cm³/mol. The first-order valence-corrected chi connectivity index (χ1v) is 11.8. The quantitative estimate of drug-likeness (QED) is 0.592. The highest BCUT2D eigenvalue weighted by Gasteiger charge is 2.25. The number of nitrogens with one attached hydrogen (secondary N) is 3. The number of fused-ring (bicyclic) bond motifs is 2. The molecule has 1 amide bonds. The van der Waals surface area contributed by atoms with Gasteiger partial charge in [0, 0.05) is 30.3 Å². The van der Waals surface area contributed by atoms with Crippen LogP contribution in [0.15, 0.2) is 0 Å². The van der Waals surface area contributed by atoms with Gasteiger partial charge in [-0.1, -0.05) is 27.7 Å². The van der Waals surface area contributed by atoms with E-state index in [1.54, 1.807) is 0 Å². The van der Waals surface area contributed by atoms with Gasteiger partial charge in [-0.15, -0.1) is 0 Å². The highest BCUT2D eigenvalue weighted by molar-refractivity contribution is 6.01. The van der Waals surface area contributed by atoms with Gasteiger partial charge in [-0.25, -0.2) is 15.0 Å². The second-order valence-corrected chi connectivity index (χ2v) is 9.70. The van der Waals surface area contributed by atoms with Gasteiger partial charge in [0.25, 0.3) is 0 Å². The molecule has 2 aliphatic heterocycles. The van der Waals surface area contributed by atoms with Crippen molar-refractivity contribution >= 4 is 23.2 Å². The first-order valence-electron chi connectivity index (χ1n) is 11.8. The van der Waals surface area contributed by atoms with Gasteiger partial charge in [-0.2, -0.15) is 4.98 Å². The fourth-order valence-corrected chi connectivity index (χ4v) is 3.48. The van der Waals surface area contributed by atoms with Crippen LogP contribution in [0.4, 0.5) is 17.3 Å². The lowest BCUT2D eigenvalue weighted by Crippen LogP contribution is -2.15. The maximum Gasteiger partial charge on any atom is 0.230 e. The summed E-state index contributed by atoms with van der Waals surface area (Å²) >= 11 is 0. The molecule has 0 aliphatic carbocycles. The molecular formula is C24H37N7O2. The highest BCUT2D eigenvalue weighted by atomic mass is 16.5. The SMILES string of the molecule is CC(C)Nc1nc(C(C)C)nc2c1CCO2.CC(C)Nc1nc(C(C)C)nc2c1NC(=O)C2. The first-order chi connectivity index (χ1) is 15.5. The molecule has 4 heterocycles. The molecule has 2 aromatic rings. The largest absolute Gasteiger partial charge is 0.477 e. The van der Waals surface area contributed by atoms with Gasteiger partial charge >= 0.3 is 0 Å². The number of carbonyl (C=O) groups is 1. The Balaban J connectivity index is 0.000000186. The highest BCUT2D eigenvalue weighted by Crippen LogP contribution is 2.31. The molecule has 0 atom stereocenters. The summed E-state index contributed by atoms with van der Waals surface area (Å²) in [7, 11) is 0. The maximum atomic E-state index is 11.4. The molecular weight excluding hydrogens is 418 g/mol. The standard InChI is InChI=1S/C12H18N4O.C12H19N3O/c1-6(2)11-14-8-5-9(17)15-10(8)12(16-11)13-7(3)4;1-7(2)10-14-11(13-8(3)4)9-5-6-16-12(9)15-10/h6-7H,5H2,1-4H3,(H,15,17)(H,13,14,16);7-8H,5-6H2,1-4H3,(H,13,14,15). The summed E-state index contributed by atoms with van der Waals surface area (Å²) in [6.45, 7) is 17.3. The Bertz CT molecular complexity index is 1000. The van der Waals surface area contributed by atoms with Crippen molar-refractivity contribution in [3.8, 4) is 5.88 Å². The lowest BCUT2D eigenvalue weighted by atomic mass is 10.2. The Morgan fingerprint density at radius 1 is 0.818 bits per heavy atom. The van der Waals surface area contributed by atoms with Crippen LogP contribution in [-0.2, 0) is 17.6 Å². The van der Waals surface area contributed by atoms with Crippen LogP contribution in [-0.4, -0.2) is 44.5 Å². The number of hydrogen-bond donors (Lipinski definition) is 3. The molecule has 0 fully saturated rings. The van der Waals surface area contributed by atoms with E-state index in [0.717, 1.165) is 59.1 Å². The molecule has 0 unspecified atom stereocenters. The first kappa shape index (κ1) is 24.7. The number of carbonyl (C=O) groups excluding carboxylic acids is 1. The summed E-state index contributed by atoms with van der Waals surface area (Å²) in [5.74, 6) is 4.64. The molecule has 180 valence electrons. The summed E-state index contributed by atoms with van der Waals surface area (Å²) in [4.78, 5) is 29.4. The lowest BCUT2D eigenvalue weighted by molar-refractivity contribution is -0.115. The minimum Gasteiger partial charge on any atom is -0.477 e. The maximum absolute atomic E-state index is 11.4. The number of ether oxygens (including phenoxy) is 1. The smallest absolute Gasteiger partial charge is 0.230 e. The number of aromatic nitrogens is 4. The van der Waals surface area contributed by atoms with Crippen LogP contribution in [0.5, 0.6) is 5.88 Å². The van der Waals surface area contributed by atoms with E-state index in [9.17, 15) is 4.79 Å². The summed E-state index contributed by atoms with van der Waals surface area (Å²) in [6, 6.07) is 0.645. The molecule has 0 saturated heterocycles. The molecule has 2 aromatic heterocycles. The van der Waals surface area contributed by atoms with E-state index in [1.165, 1.54) is 0 Å². The van der Waals surface area contributed by atoms with Gasteiger partial charge in [0.15, 0.2) is 5.82 Å². The number of rotatable bonds is 6. The molecule has 9 nitrogen and oxygen atoms in total. The van der Waals surface area contributed by atoms with Crippen molar-refractivity contribution in [2.45, 2.75) is 92.2 Å². The zero-order valence-corrected chi connectivity index (χ0v) is 21.0. The van der Waals surface area contributed by atoms with Crippen LogP contribution in [0, 0.1) is 0 Å². The zero-order valence-electron chi connectivity index (χ0n) is 21.0. The molecule has 33 heavy (non-hydrogen) atoms. The average Bonchev–Trinajstić information content (AvgIpc) is 3.33. The van der Waals surface area contributed by atoms with Crippen LogP contribution < -0.4 is 20.7 Å². The van der Waals surface area contributed by atoms with Crippen LogP contribution >= 0.6 is 0 Å². The zero-order chi connectivity index (χ0) is 24.3. The van der Waals surface area contributed by atoms with E-state index in [2.05, 4.69) is 63.6 Å². The van der Waals surface area contributed by atoms with Crippen LogP contribution in [0.3, 0.4) is 0 Å². The van der Waals surface area contributed by atoms with Gasteiger partial charge in [-0.05, 0) is 27.7 Å². The van der Waals surface area contributed by atoms with E-state index >= 15 is 0 Å². The second kappa shape index (κ2) is 10.3. The third kappa shape index (κ3) is 6.09. The van der Waals surface area contributed by atoms with E-state index < -0.39 is 0 Å². The minimum absolute atomic E-state index is 0.0120. The summed E-state index contributed by atoms with van der Waals surface area (Å²) in [5.41, 5.74) is 2.67. The third-order valence-electron chi connectivity index (χ3n) is 5.05. The topological polar surface area (TPSA) is 114 Å². The van der Waals surface area contributed by atoms with Crippen molar-refractivity contribution in [3.05, 3.63) is 22.9 Å².